The standard InChI is InChI=1S/C16H28NO5P/c1-4-7-16(20)10-13-23(21,22)17(11-8-14(18)5-2)12-9-15(19)6-3/h4,7H,5-6,8-13H2,1-3H3,(H,21,22). The van der Waals surface area contributed by atoms with Crippen LogP contribution in [0.4, 0.5) is 0 Å². The zero-order chi connectivity index (χ0) is 17.9. The number of carbonyl (C=O) groups excluding carboxylic acids is 3. The lowest BCUT2D eigenvalue weighted by molar-refractivity contribution is -0.119. The van der Waals surface area contributed by atoms with Crippen molar-refractivity contribution < 1.29 is 23.8 Å². The first kappa shape index (κ1) is 21.9. The van der Waals surface area contributed by atoms with Gasteiger partial charge >= 0.3 is 0 Å². The highest BCUT2D eigenvalue weighted by atomic mass is 31.2. The van der Waals surface area contributed by atoms with Crippen LogP contribution < -0.4 is 0 Å². The van der Waals surface area contributed by atoms with Crippen molar-refractivity contribution in [3.8, 4) is 0 Å². The molecule has 0 aromatic carbocycles. The molecule has 0 aliphatic rings. The summed E-state index contributed by atoms with van der Waals surface area (Å²) in [5.74, 6) is -0.209. The zero-order valence-corrected chi connectivity index (χ0v) is 15.2. The Morgan fingerprint density at radius 1 is 1.00 bits per heavy atom. The average molecular weight is 345 g/mol. The number of nitrogens with zero attached hydrogens (tertiary/aromatic N) is 1. The lowest BCUT2D eigenvalue weighted by atomic mass is 10.2. The predicted octanol–water partition coefficient (Wildman–Crippen LogP) is 2.75. The molecule has 0 heterocycles. The second-order valence-electron chi connectivity index (χ2n) is 5.34. The number of hydrogen-bond donors (Lipinski definition) is 1. The Labute approximate surface area is 138 Å². The van der Waals surface area contributed by atoms with Gasteiger partial charge in [-0.05, 0) is 13.0 Å². The van der Waals surface area contributed by atoms with Crippen LogP contribution in [0.15, 0.2) is 12.2 Å². The van der Waals surface area contributed by atoms with Gasteiger partial charge < -0.3 is 4.89 Å². The molecule has 132 valence electrons. The van der Waals surface area contributed by atoms with Crippen LogP contribution in [-0.4, -0.2) is 46.2 Å². The third-order valence-electron chi connectivity index (χ3n) is 3.53. The Balaban J connectivity index is 4.83. The third kappa shape index (κ3) is 9.59. The fraction of sp³-hybridized carbons (Fsp3) is 0.688. The fourth-order valence-corrected chi connectivity index (χ4v) is 3.57. The molecular formula is C16H28NO5P. The summed E-state index contributed by atoms with van der Waals surface area (Å²) in [4.78, 5) is 44.7. The molecule has 1 N–H and O–H groups in total. The van der Waals surface area contributed by atoms with E-state index >= 15 is 0 Å². The molecule has 0 radical (unpaired) electrons. The van der Waals surface area contributed by atoms with Crippen LogP contribution in [0.3, 0.4) is 0 Å². The summed E-state index contributed by atoms with van der Waals surface area (Å²) in [6.45, 7) is 5.45. The molecule has 23 heavy (non-hydrogen) atoms. The van der Waals surface area contributed by atoms with Crippen molar-refractivity contribution in [2.45, 2.75) is 52.9 Å². The minimum Gasteiger partial charge on any atom is -0.333 e. The molecule has 0 rings (SSSR count). The Morgan fingerprint density at radius 3 is 1.87 bits per heavy atom. The van der Waals surface area contributed by atoms with Crippen LogP contribution in [0, 0.1) is 0 Å². The van der Waals surface area contributed by atoms with Crippen molar-refractivity contribution in [2.24, 2.45) is 0 Å². The quantitative estimate of drug-likeness (QED) is 0.408. The summed E-state index contributed by atoms with van der Waals surface area (Å²) < 4.78 is 13.8. The number of ketones is 3. The van der Waals surface area contributed by atoms with E-state index in [1.165, 1.54) is 10.7 Å². The molecule has 0 spiro atoms. The van der Waals surface area contributed by atoms with E-state index in [2.05, 4.69) is 0 Å². The molecule has 0 saturated heterocycles. The molecular weight excluding hydrogens is 317 g/mol. The molecule has 0 aliphatic heterocycles. The minimum absolute atomic E-state index is 0.00168. The molecule has 0 amide bonds. The van der Waals surface area contributed by atoms with Crippen LogP contribution in [0.5, 0.6) is 0 Å². The first-order valence-electron chi connectivity index (χ1n) is 8.02. The Bertz CT molecular complexity index is 467. The number of allylic oxidation sites excluding steroid dienone is 2. The summed E-state index contributed by atoms with van der Waals surface area (Å²) in [7, 11) is -3.74. The van der Waals surface area contributed by atoms with Crippen LogP contribution in [0.25, 0.3) is 0 Å². The van der Waals surface area contributed by atoms with E-state index in [9.17, 15) is 23.8 Å². The van der Waals surface area contributed by atoms with Gasteiger partial charge in [-0.25, -0.2) is 4.67 Å². The van der Waals surface area contributed by atoms with Gasteiger partial charge in [0.25, 0.3) is 7.52 Å². The van der Waals surface area contributed by atoms with E-state index in [-0.39, 0.29) is 55.9 Å². The number of rotatable bonds is 13. The van der Waals surface area contributed by atoms with Crippen LogP contribution in [0.2, 0.25) is 0 Å². The van der Waals surface area contributed by atoms with Gasteiger partial charge in [-0.15, -0.1) is 0 Å². The van der Waals surface area contributed by atoms with Gasteiger partial charge in [0, 0.05) is 51.4 Å². The van der Waals surface area contributed by atoms with E-state index in [4.69, 9.17) is 0 Å². The Hall–Kier alpha value is -1.10. The van der Waals surface area contributed by atoms with Gasteiger partial charge in [-0.3, -0.25) is 18.9 Å². The highest BCUT2D eigenvalue weighted by Crippen LogP contribution is 2.45. The predicted molar refractivity (Wildman–Crippen MR) is 90.5 cm³/mol. The van der Waals surface area contributed by atoms with Crippen LogP contribution in [0.1, 0.15) is 52.9 Å². The fourth-order valence-electron chi connectivity index (χ4n) is 1.95. The first-order valence-corrected chi connectivity index (χ1v) is 9.82. The van der Waals surface area contributed by atoms with Gasteiger partial charge in [0.1, 0.15) is 11.6 Å². The summed E-state index contributed by atoms with van der Waals surface area (Å²) >= 11 is 0. The van der Waals surface area contributed by atoms with Crippen molar-refractivity contribution in [3.05, 3.63) is 12.2 Å². The SMILES string of the molecule is CC=CC(=O)CCP(=O)(O)N(CCC(=O)CC)CCC(=O)CC. The maximum Gasteiger partial charge on any atom is 0.270 e. The topological polar surface area (TPSA) is 91.8 Å². The summed E-state index contributed by atoms with van der Waals surface area (Å²) in [5.41, 5.74) is 0. The van der Waals surface area contributed by atoms with Crippen molar-refractivity contribution in [1.29, 1.82) is 0 Å². The normalized spacial score (nSPS) is 14.1. The zero-order valence-electron chi connectivity index (χ0n) is 14.3. The largest absolute Gasteiger partial charge is 0.333 e. The third-order valence-corrected chi connectivity index (χ3v) is 5.62. The Kier molecular flexibility index (Phi) is 10.9. The molecule has 7 heteroatoms. The lowest BCUT2D eigenvalue weighted by Gasteiger charge is -2.27. The number of hydrogen-bond acceptors (Lipinski definition) is 4. The van der Waals surface area contributed by atoms with Gasteiger partial charge in [0.2, 0.25) is 0 Å². The second-order valence-corrected chi connectivity index (χ2v) is 7.68. The highest BCUT2D eigenvalue weighted by Gasteiger charge is 2.28. The lowest BCUT2D eigenvalue weighted by Crippen LogP contribution is -2.27. The maximum absolute atomic E-state index is 12.5. The van der Waals surface area contributed by atoms with Gasteiger partial charge in [0.15, 0.2) is 5.78 Å². The number of Topliss-reactive ketones (excluding diaryl/α,β-unsaturated/α-hetero) is 2. The van der Waals surface area contributed by atoms with Crippen molar-refractivity contribution in [3.63, 3.8) is 0 Å². The Morgan fingerprint density at radius 2 is 1.48 bits per heavy atom. The molecule has 0 saturated carbocycles. The van der Waals surface area contributed by atoms with Gasteiger partial charge in [-0.2, -0.15) is 0 Å². The first-order chi connectivity index (χ1) is 10.8. The van der Waals surface area contributed by atoms with E-state index in [1.807, 2.05) is 0 Å². The molecule has 1 atom stereocenters. The molecule has 6 nitrogen and oxygen atoms in total. The van der Waals surface area contributed by atoms with Crippen molar-refractivity contribution >= 4 is 24.9 Å². The summed E-state index contributed by atoms with van der Waals surface area (Å²) in [6.07, 6.45) is 3.84. The molecule has 0 aromatic heterocycles. The minimum atomic E-state index is -3.74. The molecule has 1 unspecified atom stereocenters. The van der Waals surface area contributed by atoms with Crippen LogP contribution >= 0.6 is 7.52 Å². The molecule has 0 aromatic rings. The maximum atomic E-state index is 12.5. The van der Waals surface area contributed by atoms with Gasteiger partial charge in [-0.1, -0.05) is 19.9 Å². The summed E-state index contributed by atoms with van der Waals surface area (Å²) in [6, 6.07) is 0. The monoisotopic (exact) mass is 345 g/mol. The second kappa shape index (κ2) is 11.4. The molecule has 0 aliphatic carbocycles. The van der Waals surface area contributed by atoms with E-state index < -0.39 is 7.52 Å². The average Bonchev–Trinajstić information content (AvgIpc) is 2.52. The molecule has 0 fully saturated rings. The van der Waals surface area contributed by atoms with E-state index in [0.717, 1.165) is 0 Å². The highest BCUT2D eigenvalue weighted by molar-refractivity contribution is 7.55. The molecule has 0 bridgehead atoms. The van der Waals surface area contributed by atoms with E-state index in [1.54, 1.807) is 26.8 Å². The van der Waals surface area contributed by atoms with Crippen molar-refractivity contribution in [2.75, 3.05) is 19.3 Å². The smallest absolute Gasteiger partial charge is 0.270 e. The van der Waals surface area contributed by atoms with Gasteiger partial charge in [0.05, 0.1) is 0 Å². The number of carbonyl (C=O) groups is 3. The van der Waals surface area contributed by atoms with E-state index in [0.29, 0.717) is 12.8 Å². The summed E-state index contributed by atoms with van der Waals surface area (Å²) in [5, 5.41) is 0. The van der Waals surface area contributed by atoms with Crippen LogP contribution in [-0.2, 0) is 18.9 Å². The van der Waals surface area contributed by atoms with Crippen molar-refractivity contribution in [1.82, 2.24) is 4.67 Å².